The van der Waals surface area contributed by atoms with Crippen molar-refractivity contribution in [1.29, 1.82) is 0 Å². The van der Waals surface area contributed by atoms with Crippen molar-refractivity contribution in [2.45, 2.75) is 13.1 Å². The minimum Gasteiger partial charge on any atom is -0.0735 e. The number of rotatable bonds is 0. The molecule has 0 saturated heterocycles. The summed E-state index contributed by atoms with van der Waals surface area (Å²) in [5.41, 5.74) is 0. The topological polar surface area (TPSA) is 0 Å². The van der Waals surface area contributed by atoms with Crippen LogP contribution in [-0.4, -0.2) is 9.52 Å². The van der Waals surface area contributed by atoms with E-state index in [0.29, 0.717) is 0 Å². The summed E-state index contributed by atoms with van der Waals surface area (Å²) in [5, 5.41) is 0. The first-order chi connectivity index (χ1) is 1.41. The van der Waals surface area contributed by atoms with Crippen LogP contribution >= 0.6 is 0 Å². The Labute approximate surface area is 113 Å². The fourth-order valence-corrected chi connectivity index (χ4v) is 0. The molecular weight excluding hydrogens is 766 g/mol. The monoisotopic (exact) mass is 772 g/mol. The van der Waals surface area contributed by atoms with Gasteiger partial charge in [0, 0.05) is 103 Å². The van der Waals surface area contributed by atoms with E-state index in [4.69, 9.17) is 0 Å². The van der Waals surface area contributed by atoms with E-state index in [2.05, 4.69) is 13.1 Å². The molecule has 0 aromatic heterocycles. The molecule has 0 saturated carbocycles. The summed E-state index contributed by atoms with van der Waals surface area (Å²) in [6.07, 6.45) is 0. The standard InChI is InChI=1S/C2H6Si.3U/c1-3-2;;;/h1-2H3;;;. The van der Waals surface area contributed by atoms with Gasteiger partial charge in [0.15, 0.2) is 0 Å². The quantitative estimate of drug-likeness (QED) is 0.320. The van der Waals surface area contributed by atoms with E-state index in [1.165, 1.54) is 0 Å². The van der Waals surface area contributed by atoms with Crippen LogP contribution in [0.3, 0.4) is 0 Å². The first kappa shape index (κ1) is 22.8. The molecule has 0 fully saturated rings. The average molecular weight is 772 g/mol. The Balaban J connectivity index is -0.00000000667. The molecule has 0 aliphatic carbocycles. The third kappa shape index (κ3) is 26.3. The van der Waals surface area contributed by atoms with Crippen molar-refractivity contribution in [3.05, 3.63) is 0 Å². The van der Waals surface area contributed by atoms with Gasteiger partial charge in [-0.05, 0) is 0 Å². The van der Waals surface area contributed by atoms with Gasteiger partial charge in [-0.25, -0.2) is 0 Å². The third-order valence-electron chi connectivity index (χ3n) is 0. The maximum Gasteiger partial charge on any atom is 0.0307 e. The van der Waals surface area contributed by atoms with E-state index < -0.39 is 0 Å². The molecule has 0 bridgehead atoms. The Bertz CT molecular complexity index is 8.75. The SMILES string of the molecule is C[Si]C.[U].[U].[U]. The second-order valence-corrected chi connectivity index (χ2v) is 1.50. The van der Waals surface area contributed by atoms with Crippen molar-refractivity contribution in [2.75, 3.05) is 0 Å². The minimum absolute atomic E-state index is 0. The van der Waals surface area contributed by atoms with Gasteiger partial charge in [-0.2, -0.15) is 0 Å². The van der Waals surface area contributed by atoms with E-state index in [9.17, 15) is 0 Å². The molecule has 0 aliphatic heterocycles. The maximum atomic E-state index is 2.15. The summed E-state index contributed by atoms with van der Waals surface area (Å²) in [4.78, 5) is 0. The van der Waals surface area contributed by atoms with Crippen molar-refractivity contribution in [3.8, 4) is 0 Å². The van der Waals surface area contributed by atoms with Crippen LogP contribution in [0.5, 0.6) is 0 Å². The van der Waals surface area contributed by atoms with Crippen molar-refractivity contribution in [1.82, 2.24) is 0 Å². The average Bonchev–Trinajstić information content (AvgIpc) is 0.918. The summed E-state index contributed by atoms with van der Waals surface area (Å²) < 4.78 is 0. The van der Waals surface area contributed by atoms with Gasteiger partial charge >= 0.3 is 0 Å². The summed E-state index contributed by atoms with van der Waals surface area (Å²) >= 11 is 0. The Morgan fingerprint density at radius 2 is 0.833 bits per heavy atom. The smallest absolute Gasteiger partial charge is 0.0307 e. The fraction of sp³-hybridized carbons (Fsp3) is 1.00. The van der Waals surface area contributed by atoms with Crippen molar-refractivity contribution < 1.29 is 93.3 Å². The van der Waals surface area contributed by atoms with Crippen LogP contribution in [0.2, 0.25) is 13.1 Å². The second-order valence-electron chi connectivity index (χ2n) is 0.500. The molecule has 0 heterocycles. The zero-order valence-corrected chi connectivity index (χ0v) is 17.5. The number of hydrogen-bond acceptors (Lipinski definition) is 0. The molecule has 0 N–H and O–H groups in total. The predicted octanol–water partition coefficient (Wildman–Crippen LogP) is 0.787. The molecule has 2 radical (unpaired) electrons. The molecule has 0 aromatic carbocycles. The largest absolute Gasteiger partial charge is 0.0735 e. The summed E-state index contributed by atoms with van der Waals surface area (Å²) in [7, 11) is 1.08. The zero-order valence-electron chi connectivity index (χ0n) is 4.00. The Morgan fingerprint density at radius 3 is 0.833 bits per heavy atom. The van der Waals surface area contributed by atoms with Crippen LogP contribution < -0.4 is 0 Å². The second kappa shape index (κ2) is 23.8. The van der Waals surface area contributed by atoms with Gasteiger partial charge in [-0.3, -0.25) is 0 Å². The summed E-state index contributed by atoms with van der Waals surface area (Å²) in [6, 6.07) is 0. The third-order valence-corrected chi connectivity index (χ3v) is 0. The van der Waals surface area contributed by atoms with E-state index >= 15 is 0 Å². The predicted molar refractivity (Wildman–Crippen MR) is 17.5 cm³/mol. The van der Waals surface area contributed by atoms with Crippen LogP contribution in [0, 0.1) is 93.3 Å². The van der Waals surface area contributed by atoms with Gasteiger partial charge in [0.05, 0.1) is 0 Å². The zero-order chi connectivity index (χ0) is 2.71. The molecule has 0 aliphatic rings. The Morgan fingerprint density at radius 1 is 0.833 bits per heavy atom. The van der Waals surface area contributed by atoms with Gasteiger partial charge in [-0.15, -0.1) is 0 Å². The van der Waals surface area contributed by atoms with E-state index in [0.717, 1.165) is 9.52 Å². The van der Waals surface area contributed by atoms with Gasteiger partial charge < -0.3 is 0 Å². The molecule has 6 heavy (non-hydrogen) atoms. The van der Waals surface area contributed by atoms with Crippen LogP contribution in [0.15, 0.2) is 0 Å². The van der Waals surface area contributed by atoms with Crippen LogP contribution in [-0.2, 0) is 0 Å². The van der Waals surface area contributed by atoms with Crippen molar-refractivity contribution in [3.63, 3.8) is 0 Å². The fourth-order valence-electron chi connectivity index (χ4n) is 0. The maximum absolute atomic E-state index is 2.15. The molecule has 4 heteroatoms. The van der Waals surface area contributed by atoms with Crippen molar-refractivity contribution >= 4 is 9.52 Å². The van der Waals surface area contributed by atoms with E-state index in [1.54, 1.807) is 0 Å². The molecule has 0 rings (SSSR count). The Kier molecular flexibility index (Phi) is 90.3. The van der Waals surface area contributed by atoms with Gasteiger partial charge in [0.1, 0.15) is 0 Å². The van der Waals surface area contributed by atoms with Gasteiger partial charge in [0.2, 0.25) is 0 Å². The van der Waals surface area contributed by atoms with Crippen molar-refractivity contribution in [2.24, 2.45) is 0 Å². The molecule has 0 nitrogen and oxygen atoms in total. The first-order valence-corrected chi connectivity index (χ1v) is 3.00. The molecule has 30 valence electrons. The molecular formula is C2H6SiU3. The summed E-state index contributed by atoms with van der Waals surface area (Å²) in [5.74, 6) is 0. The first-order valence-electron chi connectivity index (χ1n) is 1.00. The van der Waals surface area contributed by atoms with Crippen LogP contribution in [0.1, 0.15) is 0 Å². The minimum atomic E-state index is 0. The van der Waals surface area contributed by atoms with Crippen LogP contribution in [0.25, 0.3) is 0 Å². The van der Waals surface area contributed by atoms with Crippen LogP contribution in [0.4, 0.5) is 0 Å². The molecule has 0 aromatic rings. The molecule has 0 spiro atoms. The van der Waals surface area contributed by atoms with E-state index in [-0.39, 0.29) is 93.3 Å². The van der Waals surface area contributed by atoms with Gasteiger partial charge in [0.25, 0.3) is 0 Å². The van der Waals surface area contributed by atoms with Gasteiger partial charge in [-0.1, -0.05) is 13.1 Å². The number of hydrogen-bond donors (Lipinski definition) is 0. The Hall–Kier alpha value is 3.37. The molecule has 0 amide bonds. The van der Waals surface area contributed by atoms with E-state index in [1.807, 2.05) is 0 Å². The molecule has 0 unspecified atom stereocenters. The molecule has 0 atom stereocenters. The normalized spacial score (nSPS) is 3.00. The summed E-state index contributed by atoms with van der Waals surface area (Å²) in [6.45, 7) is 4.31.